The number of carbonyl (C=O) groups excluding carboxylic acids is 1. The molecule has 4 aromatic rings. The van der Waals surface area contributed by atoms with Crippen LogP contribution < -0.4 is 9.75 Å². The molecule has 166 valence electrons. The summed E-state index contributed by atoms with van der Waals surface area (Å²) in [5.41, 5.74) is 3.06. The summed E-state index contributed by atoms with van der Waals surface area (Å²) < 4.78 is 6.28. The molecule has 0 radical (unpaired) electrons. The SMILES string of the molecule is O=C1c2ccccc2OCC12C(c1ccc(Cl)cc1)C(c1ccccc1)=NN2c1ccccc1. The maximum atomic E-state index is 14.4. The van der Waals surface area contributed by atoms with Crippen molar-refractivity contribution in [2.45, 2.75) is 11.5 Å². The molecule has 0 aromatic heterocycles. The van der Waals surface area contributed by atoms with Crippen molar-refractivity contribution in [1.29, 1.82) is 0 Å². The van der Waals surface area contributed by atoms with Crippen molar-refractivity contribution in [3.05, 3.63) is 131 Å². The van der Waals surface area contributed by atoms with Gasteiger partial charge < -0.3 is 4.74 Å². The Morgan fingerprint density at radius 1 is 0.824 bits per heavy atom. The highest BCUT2D eigenvalue weighted by Gasteiger charge is 2.60. The first-order chi connectivity index (χ1) is 16.7. The van der Waals surface area contributed by atoms with Crippen molar-refractivity contribution < 1.29 is 9.53 Å². The third-order valence-corrected chi connectivity index (χ3v) is 6.83. The van der Waals surface area contributed by atoms with Crippen LogP contribution in [0.4, 0.5) is 5.69 Å². The molecular formula is C29H21ClN2O2. The second kappa shape index (κ2) is 8.15. The quantitative estimate of drug-likeness (QED) is 0.354. The zero-order valence-electron chi connectivity index (χ0n) is 18.3. The fourth-order valence-electron chi connectivity index (χ4n) is 5.02. The minimum absolute atomic E-state index is 0.00664. The molecule has 2 aliphatic rings. The zero-order valence-corrected chi connectivity index (χ0v) is 19.0. The Morgan fingerprint density at radius 3 is 2.21 bits per heavy atom. The fraction of sp³-hybridized carbons (Fsp3) is 0.103. The highest BCUT2D eigenvalue weighted by Crippen LogP contribution is 2.49. The van der Waals surface area contributed by atoms with Gasteiger partial charge in [0.1, 0.15) is 12.4 Å². The van der Waals surface area contributed by atoms with Crippen molar-refractivity contribution in [2.75, 3.05) is 11.6 Å². The number of hydrogen-bond donors (Lipinski definition) is 0. The number of nitrogens with zero attached hydrogens (tertiary/aromatic N) is 2. The average Bonchev–Trinajstić information content (AvgIpc) is 3.24. The molecule has 4 aromatic carbocycles. The Labute approximate surface area is 203 Å². The Morgan fingerprint density at radius 2 is 1.47 bits per heavy atom. The third kappa shape index (κ3) is 3.14. The lowest BCUT2D eigenvalue weighted by Gasteiger charge is -2.43. The van der Waals surface area contributed by atoms with Crippen molar-refractivity contribution in [3.63, 3.8) is 0 Å². The summed E-state index contributed by atoms with van der Waals surface area (Å²) >= 11 is 6.24. The van der Waals surface area contributed by atoms with Gasteiger partial charge in [-0.05, 0) is 47.5 Å². The molecule has 0 saturated heterocycles. The standard InChI is InChI=1S/C29H21ClN2O2/c30-22-17-15-20(16-18-22)26-27(21-9-3-1-4-10-21)31-32(23-11-5-2-6-12-23)29(26)19-34-25-14-8-7-13-24(25)28(29)33/h1-18,26H,19H2. The summed E-state index contributed by atoms with van der Waals surface area (Å²) in [6, 6.07) is 35.0. The number of hydrogen-bond acceptors (Lipinski definition) is 4. The molecule has 2 atom stereocenters. The van der Waals surface area contributed by atoms with Crippen molar-refractivity contribution in [1.82, 2.24) is 0 Å². The van der Waals surface area contributed by atoms with Crippen LogP contribution in [0.3, 0.4) is 0 Å². The van der Waals surface area contributed by atoms with Crippen LogP contribution in [0.1, 0.15) is 27.4 Å². The lowest BCUT2D eigenvalue weighted by molar-refractivity contribution is 0.0763. The molecule has 2 unspecified atom stereocenters. The van der Waals surface area contributed by atoms with Gasteiger partial charge in [0.15, 0.2) is 11.3 Å². The van der Waals surface area contributed by atoms with Crippen LogP contribution in [0.15, 0.2) is 114 Å². The predicted molar refractivity (Wildman–Crippen MR) is 135 cm³/mol. The number of benzene rings is 4. The minimum atomic E-state index is -1.09. The Kier molecular flexibility index (Phi) is 4.96. The van der Waals surface area contributed by atoms with E-state index in [1.54, 1.807) is 0 Å². The van der Waals surface area contributed by atoms with Gasteiger partial charge in [-0.3, -0.25) is 4.79 Å². The fourth-order valence-corrected chi connectivity index (χ4v) is 5.15. The lowest BCUT2D eigenvalue weighted by atomic mass is 9.70. The van der Waals surface area contributed by atoms with Crippen molar-refractivity contribution in [2.24, 2.45) is 5.10 Å². The minimum Gasteiger partial charge on any atom is -0.490 e. The van der Waals surface area contributed by atoms with E-state index in [0.717, 1.165) is 22.5 Å². The number of rotatable bonds is 3. The second-order valence-electron chi connectivity index (χ2n) is 8.52. The van der Waals surface area contributed by atoms with E-state index in [4.69, 9.17) is 21.4 Å². The van der Waals surface area contributed by atoms with Gasteiger partial charge in [0.25, 0.3) is 0 Å². The number of carbonyl (C=O) groups is 1. The summed E-state index contributed by atoms with van der Waals surface area (Å²) in [5, 5.41) is 7.64. The molecule has 0 amide bonds. The molecule has 4 nitrogen and oxygen atoms in total. The molecule has 0 aliphatic carbocycles. The van der Waals surface area contributed by atoms with Gasteiger partial charge in [-0.15, -0.1) is 0 Å². The number of para-hydroxylation sites is 2. The zero-order chi connectivity index (χ0) is 23.1. The van der Waals surface area contributed by atoms with Crippen LogP contribution in [0, 0.1) is 0 Å². The molecule has 6 rings (SSSR count). The molecule has 0 bridgehead atoms. The van der Waals surface area contributed by atoms with Crippen LogP contribution >= 0.6 is 11.6 Å². The first kappa shape index (κ1) is 20.7. The van der Waals surface area contributed by atoms with Gasteiger partial charge in [0, 0.05) is 5.02 Å². The number of Topliss-reactive ketones (excluding diaryl/α,β-unsaturated/α-hetero) is 1. The highest BCUT2D eigenvalue weighted by molar-refractivity contribution is 6.30. The maximum absolute atomic E-state index is 14.4. The molecule has 1 spiro atoms. The van der Waals surface area contributed by atoms with Gasteiger partial charge in [0.05, 0.1) is 22.9 Å². The van der Waals surface area contributed by atoms with E-state index < -0.39 is 5.54 Å². The summed E-state index contributed by atoms with van der Waals surface area (Å²) in [5.74, 6) is 0.232. The van der Waals surface area contributed by atoms with Crippen LogP contribution in [-0.2, 0) is 0 Å². The average molecular weight is 465 g/mol. The monoisotopic (exact) mass is 464 g/mol. The summed E-state index contributed by atoms with van der Waals surface area (Å²) in [4.78, 5) is 14.4. The first-order valence-corrected chi connectivity index (χ1v) is 11.6. The van der Waals surface area contributed by atoms with E-state index in [0.29, 0.717) is 16.3 Å². The van der Waals surface area contributed by atoms with E-state index in [2.05, 4.69) is 0 Å². The van der Waals surface area contributed by atoms with Gasteiger partial charge in [-0.2, -0.15) is 5.10 Å². The number of anilines is 1. The van der Waals surface area contributed by atoms with Crippen molar-refractivity contribution in [3.8, 4) is 5.75 Å². The van der Waals surface area contributed by atoms with E-state index >= 15 is 0 Å². The number of halogens is 1. The van der Waals surface area contributed by atoms with Crippen LogP contribution in [0.5, 0.6) is 5.75 Å². The van der Waals surface area contributed by atoms with Crippen LogP contribution in [-0.4, -0.2) is 23.6 Å². The van der Waals surface area contributed by atoms with E-state index in [-0.39, 0.29) is 18.3 Å². The number of hydrazone groups is 1. The largest absolute Gasteiger partial charge is 0.490 e. The second-order valence-corrected chi connectivity index (χ2v) is 8.96. The van der Waals surface area contributed by atoms with Gasteiger partial charge in [-0.1, -0.05) is 84.4 Å². The normalized spacial score (nSPS) is 21.2. The number of ketones is 1. The molecule has 34 heavy (non-hydrogen) atoms. The molecule has 2 heterocycles. The smallest absolute Gasteiger partial charge is 0.198 e. The Bertz CT molecular complexity index is 1390. The summed E-state index contributed by atoms with van der Waals surface area (Å²) in [7, 11) is 0. The van der Waals surface area contributed by atoms with Gasteiger partial charge >= 0.3 is 0 Å². The molecule has 2 aliphatic heterocycles. The topological polar surface area (TPSA) is 41.9 Å². The van der Waals surface area contributed by atoms with Gasteiger partial charge in [-0.25, -0.2) is 5.01 Å². The number of fused-ring (bicyclic) bond motifs is 1. The summed E-state index contributed by atoms with van der Waals surface area (Å²) in [6.45, 7) is 0.171. The first-order valence-electron chi connectivity index (χ1n) is 11.2. The predicted octanol–water partition coefficient (Wildman–Crippen LogP) is 6.36. The Balaban J connectivity index is 1.63. The summed E-state index contributed by atoms with van der Waals surface area (Å²) in [6.07, 6.45) is 0. The van der Waals surface area contributed by atoms with Crippen LogP contribution in [0.2, 0.25) is 5.02 Å². The lowest BCUT2D eigenvalue weighted by Crippen LogP contribution is -2.60. The number of ether oxygens (including phenoxy) is 1. The van der Waals surface area contributed by atoms with E-state index in [1.807, 2.05) is 114 Å². The van der Waals surface area contributed by atoms with E-state index in [9.17, 15) is 4.79 Å². The molecule has 0 fully saturated rings. The van der Waals surface area contributed by atoms with E-state index in [1.165, 1.54) is 0 Å². The third-order valence-electron chi connectivity index (χ3n) is 6.58. The molecule has 0 N–H and O–H groups in total. The Hall–Kier alpha value is -3.89. The van der Waals surface area contributed by atoms with Crippen molar-refractivity contribution >= 4 is 28.8 Å². The molecule has 0 saturated carbocycles. The van der Waals surface area contributed by atoms with Gasteiger partial charge in [0.2, 0.25) is 0 Å². The highest BCUT2D eigenvalue weighted by atomic mass is 35.5. The van der Waals surface area contributed by atoms with Crippen LogP contribution in [0.25, 0.3) is 0 Å². The molecule has 5 heteroatoms. The maximum Gasteiger partial charge on any atom is 0.198 e. The molecular weight excluding hydrogens is 444 g/mol.